The number of nitrogens with zero attached hydrogens (tertiary/aromatic N) is 1. The zero-order valence-electron chi connectivity index (χ0n) is 11.3. The highest BCUT2D eigenvalue weighted by Gasteiger charge is 2.51. The first-order valence-electron chi connectivity index (χ1n) is 6.81. The summed E-state index contributed by atoms with van der Waals surface area (Å²) in [5.41, 5.74) is 0.591. The van der Waals surface area contributed by atoms with E-state index in [4.69, 9.17) is 4.74 Å². The van der Waals surface area contributed by atoms with E-state index in [9.17, 15) is 14.7 Å². The molecule has 2 fully saturated rings. The van der Waals surface area contributed by atoms with E-state index in [1.807, 2.05) is 0 Å². The van der Waals surface area contributed by atoms with Crippen LogP contribution in [0.2, 0.25) is 0 Å². The van der Waals surface area contributed by atoms with Crippen molar-refractivity contribution in [1.29, 1.82) is 0 Å². The molecular weight excluding hydrogens is 258 g/mol. The molecule has 3 unspecified atom stereocenters. The molecule has 5 heteroatoms. The van der Waals surface area contributed by atoms with E-state index in [1.165, 1.54) is 0 Å². The van der Waals surface area contributed by atoms with Gasteiger partial charge in [-0.25, -0.2) is 0 Å². The van der Waals surface area contributed by atoms with Gasteiger partial charge in [-0.2, -0.15) is 0 Å². The summed E-state index contributed by atoms with van der Waals surface area (Å²) >= 11 is 0. The normalized spacial score (nSPS) is 27.6. The number of carboxylic acid groups (broad SMARTS) is 1. The monoisotopic (exact) mass is 275 g/mol. The van der Waals surface area contributed by atoms with Crippen LogP contribution >= 0.6 is 0 Å². The maximum absolute atomic E-state index is 12.6. The van der Waals surface area contributed by atoms with Crippen LogP contribution in [0.5, 0.6) is 5.75 Å². The lowest BCUT2D eigenvalue weighted by molar-refractivity contribution is -0.142. The second kappa shape index (κ2) is 4.81. The van der Waals surface area contributed by atoms with Gasteiger partial charge >= 0.3 is 5.97 Å². The number of carbonyl (C=O) groups is 2. The lowest BCUT2D eigenvalue weighted by Crippen LogP contribution is -2.37. The third-order valence-corrected chi connectivity index (χ3v) is 4.43. The third-order valence-electron chi connectivity index (χ3n) is 4.43. The van der Waals surface area contributed by atoms with Gasteiger partial charge in [-0.3, -0.25) is 9.59 Å². The lowest BCUT2D eigenvalue weighted by Gasteiger charge is -2.23. The molecule has 2 bridgehead atoms. The Bertz CT molecular complexity index is 539. The molecule has 0 spiro atoms. The Morgan fingerprint density at radius 3 is 2.50 bits per heavy atom. The van der Waals surface area contributed by atoms with Crippen molar-refractivity contribution in [3.8, 4) is 5.75 Å². The summed E-state index contributed by atoms with van der Waals surface area (Å²) < 4.78 is 5.07. The molecule has 1 aromatic carbocycles. The Morgan fingerprint density at radius 1 is 1.25 bits per heavy atom. The van der Waals surface area contributed by atoms with Crippen LogP contribution in [-0.2, 0) is 4.79 Å². The minimum absolute atomic E-state index is 0.0658. The summed E-state index contributed by atoms with van der Waals surface area (Å²) in [6, 6.07) is 6.89. The molecule has 3 atom stereocenters. The summed E-state index contributed by atoms with van der Waals surface area (Å²) in [6.07, 6.45) is 2.29. The molecular formula is C15H17NO4. The number of carbonyl (C=O) groups excluding carboxylic acids is 1. The fourth-order valence-corrected chi connectivity index (χ4v) is 3.45. The highest BCUT2D eigenvalue weighted by molar-refractivity contribution is 5.95. The standard InChI is InChI=1S/C15H17NO4/c1-20-11-5-2-9(3-6-11)14(17)16-10-4-7-13(16)12(8-10)15(18)19/h2-3,5-6,10,12-13H,4,7-8H2,1H3,(H,18,19). The minimum Gasteiger partial charge on any atom is -0.497 e. The average Bonchev–Trinajstić information content (AvgIpc) is 3.04. The fourth-order valence-electron chi connectivity index (χ4n) is 3.45. The van der Waals surface area contributed by atoms with Crippen LogP contribution in [0.25, 0.3) is 0 Å². The minimum atomic E-state index is -0.787. The highest BCUT2D eigenvalue weighted by Crippen LogP contribution is 2.42. The Morgan fingerprint density at radius 2 is 1.95 bits per heavy atom. The number of amides is 1. The molecule has 2 aliphatic rings. The largest absolute Gasteiger partial charge is 0.497 e. The number of aliphatic carboxylic acids is 1. The topological polar surface area (TPSA) is 66.8 Å². The van der Waals surface area contributed by atoms with Gasteiger partial charge in [0.25, 0.3) is 5.91 Å². The zero-order chi connectivity index (χ0) is 14.3. The van der Waals surface area contributed by atoms with E-state index in [2.05, 4.69) is 0 Å². The van der Waals surface area contributed by atoms with Crippen LogP contribution in [0.15, 0.2) is 24.3 Å². The Hall–Kier alpha value is -2.04. The van der Waals surface area contributed by atoms with Crippen molar-refractivity contribution in [2.75, 3.05) is 7.11 Å². The van der Waals surface area contributed by atoms with E-state index in [1.54, 1.807) is 36.3 Å². The molecule has 0 aliphatic carbocycles. The van der Waals surface area contributed by atoms with Crippen molar-refractivity contribution in [2.24, 2.45) is 5.92 Å². The molecule has 1 amide bonds. The lowest BCUT2D eigenvalue weighted by atomic mass is 9.89. The zero-order valence-corrected chi connectivity index (χ0v) is 11.3. The molecule has 106 valence electrons. The molecule has 2 aliphatic heterocycles. The first-order chi connectivity index (χ1) is 9.61. The first kappa shape index (κ1) is 13.0. The number of fused-ring (bicyclic) bond motifs is 2. The molecule has 3 rings (SSSR count). The van der Waals surface area contributed by atoms with Gasteiger partial charge in [0.2, 0.25) is 0 Å². The number of carboxylic acids is 1. The molecule has 5 nitrogen and oxygen atoms in total. The molecule has 0 aromatic heterocycles. The number of benzene rings is 1. The van der Waals surface area contributed by atoms with Gasteiger partial charge in [0.15, 0.2) is 0 Å². The van der Waals surface area contributed by atoms with Crippen LogP contribution in [0.4, 0.5) is 0 Å². The summed E-state index contributed by atoms with van der Waals surface area (Å²) in [5, 5.41) is 9.22. The fraction of sp³-hybridized carbons (Fsp3) is 0.467. The van der Waals surface area contributed by atoms with E-state index in [0.717, 1.165) is 12.8 Å². The van der Waals surface area contributed by atoms with Crippen molar-refractivity contribution >= 4 is 11.9 Å². The molecule has 0 radical (unpaired) electrons. The van der Waals surface area contributed by atoms with E-state index in [0.29, 0.717) is 17.7 Å². The SMILES string of the molecule is COc1ccc(C(=O)N2C3CCC2C(C(=O)O)C3)cc1. The summed E-state index contributed by atoms with van der Waals surface area (Å²) in [7, 11) is 1.58. The van der Waals surface area contributed by atoms with Crippen molar-refractivity contribution in [2.45, 2.75) is 31.3 Å². The number of rotatable bonds is 3. The van der Waals surface area contributed by atoms with Crippen LogP contribution in [0, 0.1) is 5.92 Å². The third kappa shape index (κ3) is 1.94. The maximum atomic E-state index is 12.6. The predicted molar refractivity (Wildman–Crippen MR) is 71.7 cm³/mol. The Balaban J connectivity index is 1.82. The Kier molecular flexibility index (Phi) is 3.12. The first-order valence-corrected chi connectivity index (χ1v) is 6.81. The number of ether oxygens (including phenoxy) is 1. The van der Waals surface area contributed by atoms with Crippen LogP contribution < -0.4 is 4.74 Å². The quantitative estimate of drug-likeness (QED) is 0.913. The van der Waals surface area contributed by atoms with Crippen LogP contribution in [0.3, 0.4) is 0 Å². The van der Waals surface area contributed by atoms with Crippen molar-refractivity contribution < 1.29 is 19.4 Å². The van der Waals surface area contributed by atoms with Gasteiger partial charge in [0.1, 0.15) is 5.75 Å². The Labute approximate surface area is 117 Å². The molecule has 1 N–H and O–H groups in total. The maximum Gasteiger partial charge on any atom is 0.308 e. The molecule has 2 heterocycles. The summed E-state index contributed by atoms with van der Waals surface area (Å²) in [5.74, 6) is -0.557. The number of hydrogen-bond donors (Lipinski definition) is 1. The van der Waals surface area contributed by atoms with Crippen molar-refractivity contribution in [3.05, 3.63) is 29.8 Å². The van der Waals surface area contributed by atoms with Crippen molar-refractivity contribution in [3.63, 3.8) is 0 Å². The van der Waals surface area contributed by atoms with Gasteiger partial charge in [0, 0.05) is 17.6 Å². The van der Waals surface area contributed by atoms with Crippen molar-refractivity contribution in [1.82, 2.24) is 4.90 Å². The highest BCUT2D eigenvalue weighted by atomic mass is 16.5. The predicted octanol–water partition coefficient (Wildman–Crippen LogP) is 1.77. The average molecular weight is 275 g/mol. The second-order valence-electron chi connectivity index (χ2n) is 5.42. The summed E-state index contributed by atoms with van der Waals surface area (Å²) in [4.78, 5) is 25.6. The van der Waals surface area contributed by atoms with E-state index >= 15 is 0 Å². The van der Waals surface area contributed by atoms with Crippen LogP contribution in [0.1, 0.15) is 29.6 Å². The van der Waals surface area contributed by atoms with E-state index in [-0.39, 0.29) is 18.0 Å². The second-order valence-corrected chi connectivity index (χ2v) is 5.42. The number of hydrogen-bond acceptors (Lipinski definition) is 3. The van der Waals surface area contributed by atoms with Gasteiger partial charge in [-0.05, 0) is 43.5 Å². The van der Waals surface area contributed by atoms with Crippen LogP contribution in [-0.4, -0.2) is 41.1 Å². The molecule has 20 heavy (non-hydrogen) atoms. The van der Waals surface area contributed by atoms with Gasteiger partial charge in [-0.1, -0.05) is 0 Å². The smallest absolute Gasteiger partial charge is 0.308 e. The van der Waals surface area contributed by atoms with Gasteiger partial charge in [0.05, 0.1) is 13.0 Å². The molecule has 2 saturated heterocycles. The summed E-state index contributed by atoms with van der Waals surface area (Å²) in [6.45, 7) is 0. The molecule has 0 saturated carbocycles. The van der Waals surface area contributed by atoms with Gasteiger partial charge in [-0.15, -0.1) is 0 Å². The molecule has 1 aromatic rings. The van der Waals surface area contributed by atoms with Gasteiger partial charge < -0.3 is 14.7 Å². The number of methoxy groups -OCH3 is 1. The van der Waals surface area contributed by atoms with E-state index < -0.39 is 11.9 Å².